The summed E-state index contributed by atoms with van der Waals surface area (Å²) in [6, 6.07) is 0. The number of rotatable bonds is 1. The summed E-state index contributed by atoms with van der Waals surface area (Å²) >= 11 is 0. The van der Waals surface area contributed by atoms with Crippen LogP contribution in [0.2, 0.25) is 0 Å². The third-order valence-electron chi connectivity index (χ3n) is 9.43. The highest BCUT2D eigenvalue weighted by Gasteiger charge is 2.81. The molecule has 25 heavy (non-hydrogen) atoms. The van der Waals surface area contributed by atoms with Crippen molar-refractivity contribution in [2.75, 3.05) is 7.11 Å². The van der Waals surface area contributed by atoms with Gasteiger partial charge in [-0.05, 0) is 58.3 Å². The highest BCUT2D eigenvalue weighted by atomic mass is 16.6. The lowest BCUT2D eigenvalue weighted by Gasteiger charge is -2.64. The Morgan fingerprint density at radius 2 is 1.88 bits per heavy atom. The van der Waals surface area contributed by atoms with Crippen LogP contribution in [-0.2, 0) is 19.1 Å². The van der Waals surface area contributed by atoms with Crippen LogP contribution in [-0.4, -0.2) is 30.1 Å². The smallest absolute Gasteiger partial charge is 0.312 e. The van der Waals surface area contributed by atoms with Gasteiger partial charge in [0.25, 0.3) is 0 Å². The Balaban J connectivity index is 1.71. The quantitative estimate of drug-likeness (QED) is 0.539. The highest BCUT2D eigenvalue weighted by molar-refractivity contribution is 6.05. The van der Waals surface area contributed by atoms with Crippen LogP contribution < -0.4 is 0 Å². The second kappa shape index (κ2) is 4.21. The number of ether oxygens (including phenoxy) is 2. The monoisotopic (exact) mass is 344 g/mol. The van der Waals surface area contributed by atoms with Crippen LogP contribution in [0, 0.1) is 22.2 Å². The van der Waals surface area contributed by atoms with Gasteiger partial charge in [-0.25, -0.2) is 0 Å². The van der Waals surface area contributed by atoms with E-state index in [1.165, 1.54) is 0 Å². The third kappa shape index (κ3) is 1.35. The molecule has 136 valence electrons. The summed E-state index contributed by atoms with van der Waals surface area (Å²) in [6.45, 7) is 8.48. The summed E-state index contributed by atoms with van der Waals surface area (Å²) < 4.78 is 12.2. The zero-order chi connectivity index (χ0) is 17.9. The number of hydrogen-bond acceptors (Lipinski definition) is 4. The average molecular weight is 344 g/mol. The van der Waals surface area contributed by atoms with Crippen LogP contribution in [0.3, 0.4) is 0 Å². The largest absolute Gasteiger partial charge is 0.458 e. The molecule has 0 aromatic heterocycles. The first-order valence-corrected chi connectivity index (χ1v) is 9.74. The second-order valence-corrected chi connectivity index (χ2v) is 9.74. The maximum Gasteiger partial charge on any atom is 0.312 e. The molecule has 4 aliphatic carbocycles. The van der Waals surface area contributed by atoms with Crippen molar-refractivity contribution in [1.82, 2.24) is 0 Å². The molecule has 1 aliphatic heterocycles. The first-order valence-electron chi connectivity index (χ1n) is 9.74. The van der Waals surface area contributed by atoms with Gasteiger partial charge in [0, 0.05) is 29.4 Å². The van der Waals surface area contributed by atoms with Gasteiger partial charge in [0.05, 0.1) is 11.0 Å². The minimum Gasteiger partial charge on any atom is -0.458 e. The lowest BCUT2D eigenvalue weighted by Crippen LogP contribution is -2.67. The summed E-state index contributed by atoms with van der Waals surface area (Å²) in [5, 5.41) is 0. The Morgan fingerprint density at radius 3 is 2.60 bits per heavy atom. The van der Waals surface area contributed by atoms with Gasteiger partial charge in [-0.2, -0.15) is 0 Å². The summed E-state index contributed by atoms with van der Waals surface area (Å²) in [5.74, 6) is 0.395. The van der Waals surface area contributed by atoms with Crippen LogP contribution in [0.15, 0.2) is 12.2 Å². The molecule has 6 atom stereocenters. The lowest BCUT2D eigenvalue weighted by molar-refractivity contribution is -0.232. The molecular formula is C21H28O4. The van der Waals surface area contributed by atoms with Gasteiger partial charge < -0.3 is 9.47 Å². The zero-order valence-corrected chi connectivity index (χ0v) is 15.6. The van der Waals surface area contributed by atoms with Crippen molar-refractivity contribution in [1.29, 1.82) is 0 Å². The van der Waals surface area contributed by atoms with Crippen molar-refractivity contribution >= 4 is 11.8 Å². The second-order valence-electron chi connectivity index (χ2n) is 9.74. The summed E-state index contributed by atoms with van der Waals surface area (Å²) in [5.41, 5.74) is -1.47. The van der Waals surface area contributed by atoms with E-state index in [4.69, 9.17) is 9.47 Å². The molecule has 0 N–H and O–H groups in total. The Kier molecular flexibility index (Phi) is 2.71. The molecule has 1 heterocycles. The minimum absolute atomic E-state index is 0.0267. The topological polar surface area (TPSA) is 52.6 Å². The average Bonchev–Trinajstić information content (AvgIpc) is 2.85. The van der Waals surface area contributed by atoms with Crippen LogP contribution in [0.4, 0.5) is 0 Å². The molecular weight excluding hydrogens is 316 g/mol. The minimum atomic E-state index is -0.499. The van der Waals surface area contributed by atoms with Gasteiger partial charge in [0.15, 0.2) is 5.78 Å². The molecule has 4 nitrogen and oxygen atoms in total. The van der Waals surface area contributed by atoms with Crippen molar-refractivity contribution in [3.8, 4) is 0 Å². The first kappa shape index (κ1) is 16.0. The third-order valence-corrected chi connectivity index (χ3v) is 9.43. The van der Waals surface area contributed by atoms with Gasteiger partial charge in [0.1, 0.15) is 5.60 Å². The maximum absolute atomic E-state index is 13.5. The number of ketones is 1. The first-order chi connectivity index (χ1) is 11.7. The molecule has 0 aromatic carbocycles. The summed E-state index contributed by atoms with van der Waals surface area (Å²) in [4.78, 5) is 26.4. The molecule has 5 rings (SSSR count). The molecule has 4 bridgehead atoms. The standard InChI is InChI=1S/C21H28O4/c1-13-15(22)19-9-6-14-17(2)7-5-8-21(14,25-16(17)23)18(19,3)10-11-20(13,12-19)24-4/h14H,1,5-12H2,2-4H3/t14-,17-,18?,19+,20-,21+/m1/s1. The molecule has 0 aromatic rings. The fraction of sp³-hybridized carbons (Fsp3) is 0.810. The van der Waals surface area contributed by atoms with Crippen molar-refractivity contribution in [3.05, 3.63) is 12.2 Å². The van der Waals surface area contributed by atoms with Gasteiger partial charge in [-0.3, -0.25) is 9.59 Å². The van der Waals surface area contributed by atoms with Gasteiger partial charge in [0.2, 0.25) is 0 Å². The number of methoxy groups -OCH3 is 1. The molecule has 4 heteroatoms. The predicted octanol–water partition coefficient (Wildman–Crippen LogP) is 3.58. The molecule has 1 spiro atoms. The normalized spacial score (nSPS) is 56.4. The predicted molar refractivity (Wildman–Crippen MR) is 91.8 cm³/mol. The fourth-order valence-electron chi connectivity index (χ4n) is 7.88. The number of esters is 1. The molecule has 5 fully saturated rings. The molecule has 4 saturated carbocycles. The molecule has 5 aliphatic rings. The van der Waals surface area contributed by atoms with Gasteiger partial charge in [-0.15, -0.1) is 0 Å². The van der Waals surface area contributed by atoms with E-state index in [-0.39, 0.29) is 28.5 Å². The number of carbonyl (C=O) groups is 2. The van der Waals surface area contributed by atoms with E-state index in [0.29, 0.717) is 12.0 Å². The van der Waals surface area contributed by atoms with E-state index in [9.17, 15) is 9.59 Å². The Bertz CT molecular complexity index is 727. The van der Waals surface area contributed by atoms with E-state index in [1.807, 2.05) is 0 Å². The van der Waals surface area contributed by atoms with E-state index < -0.39 is 16.6 Å². The van der Waals surface area contributed by atoms with Crippen molar-refractivity contribution in [3.63, 3.8) is 0 Å². The fourth-order valence-corrected chi connectivity index (χ4v) is 7.88. The number of Topliss-reactive ketones (excluding diaryl/α,β-unsaturated/α-hetero) is 1. The Labute approximate surface area is 149 Å². The van der Waals surface area contributed by atoms with Crippen LogP contribution in [0.1, 0.15) is 65.2 Å². The Hall–Kier alpha value is -1.16. The number of carbonyl (C=O) groups excluding carboxylic acids is 2. The van der Waals surface area contributed by atoms with E-state index in [1.54, 1.807) is 7.11 Å². The Morgan fingerprint density at radius 1 is 1.12 bits per heavy atom. The highest BCUT2D eigenvalue weighted by Crippen LogP contribution is 2.77. The SMILES string of the molecule is C=C1C(=O)[C@@]23CC[C@@H]4[C@@]5(C)CCC[C@@]4(OC5=O)C2(C)CC[C@@]1(OC)C3. The molecule has 0 amide bonds. The number of hydrogen-bond donors (Lipinski definition) is 0. The maximum atomic E-state index is 13.5. The van der Waals surface area contributed by atoms with Gasteiger partial charge >= 0.3 is 5.97 Å². The van der Waals surface area contributed by atoms with Gasteiger partial charge in [-0.1, -0.05) is 13.5 Å². The van der Waals surface area contributed by atoms with Crippen LogP contribution in [0.5, 0.6) is 0 Å². The van der Waals surface area contributed by atoms with Crippen molar-refractivity contribution in [2.45, 2.75) is 76.4 Å². The summed E-state index contributed by atoms with van der Waals surface area (Å²) in [6.07, 6.45) is 6.95. The van der Waals surface area contributed by atoms with E-state index in [0.717, 1.165) is 44.9 Å². The molecule has 1 saturated heterocycles. The number of fused-ring (bicyclic) bond motifs is 1. The lowest BCUT2D eigenvalue weighted by atomic mass is 9.39. The van der Waals surface area contributed by atoms with E-state index >= 15 is 0 Å². The summed E-state index contributed by atoms with van der Waals surface area (Å²) in [7, 11) is 1.71. The van der Waals surface area contributed by atoms with Crippen molar-refractivity contribution < 1.29 is 19.1 Å². The zero-order valence-electron chi connectivity index (χ0n) is 15.6. The molecule has 0 radical (unpaired) electrons. The van der Waals surface area contributed by atoms with Crippen LogP contribution >= 0.6 is 0 Å². The molecule has 1 unspecified atom stereocenters. The van der Waals surface area contributed by atoms with E-state index in [2.05, 4.69) is 20.4 Å². The van der Waals surface area contributed by atoms with Crippen molar-refractivity contribution in [2.24, 2.45) is 22.2 Å². The van der Waals surface area contributed by atoms with Crippen LogP contribution in [0.25, 0.3) is 0 Å².